The quantitative estimate of drug-likeness (QED) is 0.440. The molecule has 2 rings (SSSR count). The molecule has 1 aromatic carbocycles. The van der Waals surface area contributed by atoms with E-state index in [0.29, 0.717) is 16.5 Å². The molecular formula is C11H9BrINO2. The lowest BCUT2D eigenvalue weighted by atomic mass is 10.1. The molecular weight excluding hydrogens is 385 g/mol. The molecule has 16 heavy (non-hydrogen) atoms. The molecule has 84 valence electrons. The van der Waals surface area contributed by atoms with Gasteiger partial charge in [0, 0.05) is 15.3 Å². The lowest BCUT2D eigenvalue weighted by Crippen LogP contribution is -2.30. The lowest BCUT2D eigenvalue weighted by molar-refractivity contribution is -0.122. The van der Waals surface area contributed by atoms with Crippen LogP contribution in [0.25, 0.3) is 0 Å². The Labute approximate surface area is 115 Å². The van der Waals surface area contributed by atoms with E-state index in [4.69, 9.17) is 0 Å². The van der Waals surface area contributed by atoms with Gasteiger partial charge in [-0.05, 0) is 24.3 Å². The number of carbonyl (C=O) groups excluding carboxylic acids is 2. The molecule has 1 fully saturated rings. The monoisotopic (exact) mass is 393 g/mol. The third-order valence-corrected chi connectivity index (χ3v) is 4.10. The molecule has 1 aliphatic rings. The Bertz CT molecular complexity index is 432. The minimum atomic E-state index is -0.156. The van der Waals surface area contributed by atoms with Gasteiger partial charge in [-0.1, -0.05) is 38.5 Å². The van der Waals surface area contributed by atoms with Crippen molar-refractivity contribution in [3.63, 3.8) is 0 Å². The summed E-state index contributed by atoms with van der Waals surface area (Å²) in [6.07, 6.45) is 0.331. The fourth-order valence-corrected chi connectivity index (χ4v) is 2.63. The molecule has 5 heteroatoms. The zero-order valence-electron chi connectivity index (χ0n) is 8.32. The van der Waals surface area contributed by atoms with E-state index in [1.807, 2.05) is 12.1 Å². The van der Waals surface area contributed by atoms with Crippen molar-refractivity contribution in [1.82, 2.24) is 0 Å². The Kier molecular flexibility index (Phi) is 3.63. The number of imide groups is 1. The average Bonchev–Trinajstić information content (AvgIpc) is 2.56. The summed E-state index contributed by atoms with van der Waals surface area (Å²) in [5.41, 5.74) is 0.658. The van der Waals surface area contributed by atoms with E-state index in [9.17, 15) is 9.59 Å². The number of carbonyl (C=O) groups is 2. The van der Waals surface area contributed by atoms with E-state index in [2.05, 4.69) is 38.5 Å². The number of benzene rings is 1. The number of hydrogen-bond acceptors (Lipinski definition) is 2. The van der Waals surface area contributed by atoms with Crippen molar-refractivity contribution < 1.29 is 9.59 Å². The van der Waals surface area contributed by atoms with Crippen LogP contribution < -0.4 is 4.90 Å². The van der Waals surface area contributed by atoms with Gasteiger partial charge in [-0.25, -0.2) is 0 Å². The minimum Gasteiger partial charge on any atom is -0.274 e. The predicted molar refractivity (Wildman–Crippen MR) is 73.6 cm³/mol. The van der Waals surface area contributed by atoms with E-state index in [1.165, 1.54) is 4.90 Å². The molecule has 0 N–H and O–H groups in total. The molecule has 0 radical (unpaired) electrons. The highest BCUT2D eigenvalue weighted by Crippen LogP contribution is 2.28. The van der Waals surface area contributed by atoms with Crippen LogP contribution in [0.1, 0.15) is 6.42 Å². The van der Waals surface area contributed by atoms with Crippen LogP contribution in [0.2, 0.25) is 0 Å². The van der Waals surface area contributed by atoms with Crippen molar-refractivity contribution in [1.29, 1.82) is 0 Å². The molecule has 1 aromatic rings. The first-order valence-corrected chi connectivity index (χ1v) is 7.13. The van der Waals surface area contributed by atoms with Gasteiger partial charge in [0.2, 0.25) is 11.8 Å². The van der Waals surface area contributed by atoms with Crippen molar-refractivity contribution in [2.45, 2.75) is 6.42 Å². The van der Waals surface area contributed by atoms with Gasteiger partial charge in [0.25, 0.3) is 0 Å². The first-order chi connectivity index (χ1) is 7.63. The van der Waals surface area contributed by atoms with Crippen LogP contribution in [-0.4, -0.2) is 16.2 Å². The molecule has 0 aromatic heterocycles. The van der Waals surface area contributed by atoms with Crippen LogP contribution in [0, 0.1) is 5.92 Å². The van der Waals surface area contributed by atoms with Crippen molar-refractivity contribution >= 4 is 56.0 Å². The van der Waals surface area contributed by atoms with Crippen LogP contribution in [0.4, 0.5) is 5.69 Å². The van der Waals surface area contributed by atoms with Crippen molar-refractivity contribution in [2.75, 3.05) is 9.33 Å². The summed E-state index contributed by atoms with van der Waals surface area (Å²) < 4.78 is 1.62. The van der Waals surface area contributed by atoms with E-state index in [-0.39, 0.29) is 17.7 Å². The summed E-state index contributed by atoms with van der Waals surface area (Å²) in [7, 11) is 0. The second kappa shape index (κ2) is 4.83. The number of hydrogen-bond donors (Lipinski definition) is 0. The molecule has 3 nitrogen and oxygen atoms in total. The topological polar surface area (TPSA) is 37.4 Å². The van der Waals surface area contributed by atoms with Crippen molar-refractivity contribution in [3.8, 4) is 0 Å². The summed E-state index contributed by atoms with van der Waals surface area (Å²) in [6, 6.07) is 7.20. The number of halogens is 2. The number of anilines is 1. The standard InChI is InChI=1S/C11H9BrINO2/c12-8-1-3-9(4-2-8)14-10(15)5-7(6-13)11(14)16/h1-4,7H,5-6H2. The second-order valence-electron chi connectivity index (χ2n) is 3.60. The Morgan fingerprint density at radius 1 is 1.31 bits per heavy atom. The number of alkyl halides is 1. The lowest BCUT2D eigenvalue weighted by Gasteiger charge is -2.14. The Morgan fingerprint density at radius 2 is 1.94 bits per heavy atom. The Hall–Kier alpha value is -0.430. The van der Waals surface area contributed by atoms with Gasteiger partial charge in [0.1, 0.15) is 0 Å². The van der Waals surface area contributed by atoms with Gasteiger partial charge in [-0.3, -0.25) is 14.5 Å². The fraction of sp³-hybridized carbons (Fsp3) is 0.273. The smallest absolute Gasteiger partial charge is 0.238 e. The maximum absolute atomic E-state index is 11.9. The molecule has 1 atom stereocenters. The first kappa shape index (κ1) is 12.0. The van der Waals surface area contributed by atoms with Gasteiger partial charge >= 0.3 is 0 Å². The summed E-state index contributed by atoms with van der Waals surface area (Å²) in [4.78, 5) is 24.9. The predicted octanol–water partition coefficient (Wildman–Crippen LogP) is 2.76. The van der Waals surface area contributed by atoms with Crippen LogP contribution in [-0.2, 0) is 9.59 Å². The molecule has 0 aliphatic carbocycles. The number of rotatable bonds is 2. The van der Waals surface area contributed by atoms with Gasteiger partial charge < -0.3 is 0 Å². The number of nitrogens with zero attached hydrogens (tertiary/aromatic N) is 1. The van der Waals surface area contributed by atoms with E-state index in [0.717, 1.165) is 4.47 Å². The van der Waals surface area contributed by atoms with Gasteiger partial charge in [-0.15, -0.1) is 0 Å². The maximum atomic E-state index is 11.9. The molecule has 1 heterocycles. The zero-order chi connectivity index (χ0) is 11.7. The van der Waals surface area contributed by atoms with E-state index >= 15 is 0 Å². The van der Waals surface area contributed by atoms with Crippen LogP contribution in [0.15, 0.2) is 28.7 Å². The van der Waals surface area contributed by atoms with Crippen LogP contribution in [0.5, 0.6) is 0 Å². The van der Waals surface area contributed by atoms with Gasteiger partial charge in [0.05, 0.1) is 11.6 Å². The third kappa shape index (κ3) is 2.15. The molecule has 1 unspecified atom stereocenters. The average molecular weight is 394 g/mol. The third-order valence-electron chi connectivity index (χ3n) is 2.51. The Balaban J connectivity index is 2.31. The molecule has 0 bridgehead atoms. The van der Waals surface area contributed by atoms with Crippen molar-refractivity contribution in [2.24, 2.45) is 5.92 Å². The Morgan fingerprint density at radius 3 is 2.44 bits per heavy atom. The summed E-state index contributed by atoms with van der Waals surface area (Å²) in [6.45, 7) is 0. The normalized spacial score (nSPS) is 20.6. The number of amides is 2. The zero-order valence-corrected chi connectivity index (χ0v) is 12.1. The highest BCUT2D eigenvalue weighted by atomic mass is 127. The molecule has 2 amide bonds. The SMILES string of the molecule is O=C1CC(CI)C(=O)N1c1ccc(Br)cc1. The highest BCUT2D eigenvalue weighted by Gasteiger charge is 2.38. The van der Waals surface area contributed by atoms with E-state index < -0.39 is 0 Å². The van der Waals surface area contributed by atoms with Crippen molar-refractivity contribution in [3.05, 3.63) is 28.7 Å². The summed E-state index contributed by atoms with van der Waals surface area (Å²) in [5.74, 6) is -0.340. The molecule has 1 aliphatic heterocycles. The van der Waals surface area contributed by atoms with Crippen LogP contribution in [0.3, 0.4) is 0 Å². The second-order valence-corrected chi connectivity index (χ2v) is 5.40. The summed E-state index contributed by atoms with van der Waals surface area (Å²) >= 11 is 5.46. The maximum Gasteiger partial charge on any atom is 0.238 e. The minimum absolute atomic E-state index is 0.0817. The molecule has 0 saturated carbocycles. The van der Waals surface area contributed by atoms with Gasteiger partial charge in [-0.2, -0.15) is 0 Å². The fourth-order valence-electron chi connectivity index (χ4n) is 1.68. The van der Waals surface area contributed by atoms with E-state index in [1.54, 1.807) is 12.1 Å². The van der Waals surface area contributed by atoms with Gasteiger partial charge in [0.15, 0.2) is 0 Å². The first-order valence-electron chi connectivity index (χ1n) is 4.82. The molecule has 0 spiro atoms. The largest absolute Gasteiger partial charge is 0.274 e. The molecule has 1 saturated heterocycles. The summed E-state index contributed by atoms with van der Waals surface area (Å²) in [5, 5.41) is 0. The van der Waals surface area contributed by atoms with Crippen LogP contribution >= 0.6 is 38.5 Å². The highest BCUT2D eigenvalue weighted by molar-refractivity contribution is 14.1.